The van der Waals surface area contributed by atoms with E-state index in [9.17, 15) is 4.79 Å². The lowest BCUT2D eigenvalue weighted by molar-refractivity contribution is -0.121. The standard InChI is InChI=1S/C13H24N2O/c1-11(9-14)7-8-13(16)15-10-12-5-3-2-4-6-12/h2-3,11-12H,4-10,14H2,1H3,(H,15,16). The van der Waals surface area contributed by atoms with E-state index in [0.29, 0.717) is 24.8 Å². The van der Waals surface area contributed by atoms with Crippen molar-refractivity contribution in [2.45, 2.75) is 39.0 Å². The van der Waals surface area contributed by atoms with E-state index < -0.39 is 0 Å². The van der Waals surface area contributed by atoms with Gasteiger partial charge in [-0.2, -0.15) is 0 Å². The largest absolute Gasteiger partial charge is 0.356 e. The van der Waals surface area contributed by atoms with E-state index >= 15 is 0 Å². The molecular formula is C13H24N2O. The zero-order chi connectivity index (χ0) is 11.8. The molecule has 0 aromatic rings. The van der Waals surface area contributed by atoms with Crippen molar-refractivity contribution in [2.24, 2.45) is 17.6 Å². The SMILES string of the molecule is CC(CN)CCC(=O)NCC1CC=CCC1. The zero-order valence-electron chi connectivity index (χ0n) is 10.2. The number of hydrogen-bond acceptors (Lipinski definition) is 2. The lowest BCUT2D eigenvalue weighted by Crippen LogP contribution is -2.30. The van der Waals surface area contributed by atoms with Gasteiger partial charge in [0, 0.05) is 13.0 Å². The summed E-state index contributed by atoms with van der Waals surface area (Å²) in [5.74, 6) is 1.26. The van der Waals surface area contributed by atoms with Crippen molar-refractivity contribution < 1.29 is 4.79 Å². The lowest BCUT2D eigenvalue weighted by Gasteiger charge is -2.18. The van der Waals surface area contributed by atoms with E-state index in [1.54, 1.807) is 0 Å². The number of hydrogen-bond donors (Lipinski definition) is 2. The summed E-state index contributed by atoms with van der Waals surface area (Å²) in [5.41, 5.74) is 5.51. The Balaban J connectivity index is 2.07. The highest BCUT2D eigenvalue weighted by molar-refractivity contribution is 5.75. The van der Waals surface area contributed by atoms with E-state index in [1.165, 1.54) is 6.42 Å². The van der Waals surface area contributed by atoms with Crippen LogP contribution in [0.4, 0.5) is 0 Å². The molecule has 0 aromatic carbocycles. The third-order valence-electron chi connectivity index (χ3n) is 3.23. The Morgan fingerprint density at radius 3 is 3.00 bits per heavy atom. The highest BCUT2D eigenvalue weighted by Gasteiger charge is 2.11. The van der Waals surface area contributed by atoms with Gasteiger partial charge in [-0.3, -0.25) is 4.79 Å². The molecule has 2 atom stereocenters. The molecule has 1 aliphatic rings. The lowest BCUT2D eigenvalue weighted by atomic mass is 9.94. The normalized spacial score (nSPS) is 21.8. The second-order valence-electron chi connectivity index (χ2n) is 4.83. The second kappa shape index (κ2) is 7.44. The number of nitrogens with two attached hydrogens (primary N) is 1. The molecule has 0 fully saturated rings. The zero-order valence-corrected chi connectivity index (χ0v) is 10.2. The molecule has 16 heavy (non-hydrogen) atoms. The summed E-state index contributed by atoms with van der Waals surface area (Å²) < 4.78 is 0. The molecular weight excluding hydrogens is 200 g/mol. The third-order valence-corrected chi connectivity index (χ3v) is 3.23. The van der Waals surface area contributed by atoms with E-state index in [0.717, 1.165) is 25.8 Å². The molecule has 0 spiro atoms. The molecule has 92 valence electrons. The molecule has 1 aliphatic carbocycles. The molecule has 0 radical (unpaired) electrons. The fraction of sp³-hybridized carbons (Fsp3) is 0.769. The quantitative estimate of drug-likeness (QED) is 0.676. The molecule has 1 rings (SSSR count). The van der Waals surface area contributed by atoms with E-state index in [1.807, 2.05) is 0 Å². The van der Waals surface area contributed by atoms with Crippen LogP contribution in [-0.2, 0) is 4.79 Å². The summed E-state index contributed by atoms with van der Waals surface area (Å²) in [6, 6.07) is 0. The molecule has 0 bridgehead atoms. The van der Waals surface area contributed by atoms with Gasteiger partial charge < -0.3 is 11.1 Å². The van der Waals surface area contributed by atoms with Gasteiger partial charge in [0.15, 0.2) is 0 Å². The van der Waals surface area contributed by atoms with Crippen molar-refractivity contribution in [1.29, 1.82) is 0 Å². The van der Waals surface area contributed by atoms with Crippen molar-refractivity contribution >= 4 is 5.91 Å². The molecule has 0 aliphatic heterocycles. The fourth-order valence-electron chi connectivity index (χ4n) is 1.88. The molecule has 3 heteroatoms. The molecule has 0 heterocycles. The topological polar surface area (TPSA) is 55.1 Å². The number of amides is 1. The third kappa shape index (κ3) is 5.31. The number of carbonyl (C=O) groups excluding carboxylic acids is 1. The predicted molar refractivity (Wildman–Crippen MR) is 66.9 cm³/mol. The maximum atomic E-state index is 11.5. The summed E-state index contributed by atoms with van der Waals surface area (Å²) in [6.45, 7) is 3.58. The minimum absolute atomic E-state index is 0.176. The van der Waals surface area contributed by atoms with Crippen LogP contribution in [-0.4, -0.2) is 19.0 Å². The summed E-state index contributed by atoms with van der Waals surface area (Å²) in [6.07, 6.45) is 9.42. The van der Waals surface area contributed by atoms with Gasteiger partial charge in [0.25, 0.3) is 0 Å². The van der Waals surface area contributed by atoms with E-state index in [4.69, 9.17) is 5.73 Å². The van der Waals surface area contributed by atoms with Crippen molar-refractivity contribution in [3.8, 4) is 0 Å². The minimum Gasteiger partial charge on any atom is -0.356 e. The molecule has 0 saturated carbocycles. The first kappa shape index (κ1) is 13.2. The minimum atomic E-state index is 0.176. The average Bonchev–Trinajstić information content (AvgIpc) is 2.34. The molecule has 0 saturated heterocycles. The summed E-state index contributed by atoms with van der Waals surface area (Å²) in [5, 5.41) is 3.02. The van der Waals surface area contributed by atoms with Crippen LogP contribution in [0.1, 0.15) is 39.0 Å². The average molecular weight is 224 g/mol. The van der Waals surface area contributed by atoms with Gasteiger partial charge in [0.05, 0.1) is 0 Å². The van der Waals surface area contributed by atoms with Crippen LogP contribution in [0.15, 0.2) is 12.2 Å². The van der Waals surface area contributed by atoms with Crippen LogP contribution >= 0.6 is 0 Å². The van der Waals surface area contributed by atoms with Crippen LogP contribution in [0.2, 0.25) is 0 Å². The maximum Gasteiger partial charge on any atom is 0.220 e. The maximum absolute atomic E-state index is 11.5. The molecule has 3 N–H and O–H groups in total. The Kier molecular flexibility index (Phi) is 6.16. The predicted octanol–water partition coefficient (Wildman–Crippen LogP) is 1.83. The van der Waals surface area contributed by atoms with Crippen LogP contribution in [0.25, 0.3) is 0 Å². The molecule has 3 nitrogen and oxygen atoms in total. The highest BCUT2D eigenvalue weighted by atomic mass is 16.1. The van der Waals surface area contributed by atoms with E-state index in [-0.39, 0.29) is 5.91 Å². The fourth-order valence-corrected chi connectivity index (χ4v) is 1.88. The van der Waals surface area contributed by atoms with Gasteiger partial charge in [-0.25, -0.2) is 0 Å². The summed E-state index contributed by atoms with van der Waals surface area (Å²) >= 11 is 0. The van der Waals surface area contributed by atoms with Gasteiger partial charge in [0.2, 0.25) is 5.91 Å². The van der Waals surface area contributed by atoms with Gasteiger partial charge in [-0.1, -0.05) is 19.1 Å². The van der Waals surface area contributed by atoms with Gasteiger partial charge in [0.1, 0.15) is 0 Å². The van der Waals surface area contributed by atoms with Gasteiger partial charge in [-0.15, -0.1) is 0 Å². The number of nitrogens with one attached hydrogen (secondary N) is 1. The molecule has 0 aromatic heterocycles. The second-order valence-corrected chi connectivity index (χ2v) is 4.83. The first-order chi connectivity index (χ1) is 7.72. The van der Waals surface area contributed by atoms with Crippen LogP contribution in [0.3, 0.4) is 0 Å². The summed E-state index contributed by atoms with van der Waals surface area (Å²) in [4.78, 5) is 11.5. The Bertz CT molecular complexity index is 238. The van der Waals surface area contributed by atoms with Gasteiger partial charge in [-0.05, 0) is 44.1 Å². The van der Waals surface area contributed by atoms with Crippen LogP contribution in [0.5, 0.6) is 0 Å². The summed E-state index contributed by atoms with van der Waals surface area (Å²) in [7, 11) is 0. The monoisotopic (exact) mass is 224 g/mol. The smallest absolute Gasteiger partial charge is 0.220 e. The van der Waals surface area contributed by atoms with Crippen LogP contribution < -0.4 is 11.1 Å². The number of rotatable bonds is 6. The number of carbonyl (C=O) groups is 1. The molecule has 1 amide bonds. The van der Waals surface area contributed by atoms with Crippen LogP contribution in [0, 0.1) is 11.8 Å². The Morgan fingerprint density at radius 1 is 1.56 bits per heavy atom. The van der Waals surface area contributed by atoms with Gasteiger partial charge >= 0.3 is 0 Å². The first-order valence-electron chi connectivity index (χ1n) is 6.34. The molecule has 2 unspecified atom stereocenters. The Labute approximate surface area is 98.5 Å². The highest BCUT2D eigenvalue weighted by Crippen LogP contribution is 2.16. The van der Waals surface area contributed by atoms with E-state index in [2.05, 4.69) is 24.4 Å². The van der Waals surface area contributed by atoms with Crippen molar-refractivity contribution in [3.63, 3.8) is 0 Å². The van der Waals surface area contributed by atoms with Crippen molar-refractivity contribution in [3.05, 3.63) is 12.2 Å². The number of allylic oxidation sites excluding steroid dienone is 2. The first-order valence-corrected chi connectivity index (χ1v) is 6.34. The Hall–Kier alpha value is -0.830. The van der Waals surface area contributed by atoms with Crippen molar-refractivity contribution in [1.82, 2.24) is 5.32 Å². The Morgan fingerprint density at radius 2 is 2.38 bits per heavy atom. The van der Waals surface area contributed by atoms with Crippen molar-refractivity contribution in [2.75, 3.05) is 13.1 Å².